The second-order valence-corrected chi connectivity index (χ2v) is 6.08. The van der Waals surface area contributed by atoms with Crippen LogP contribution in [0.25, 0.3) is 5.76 Å². The Balaban J connectivity index is 2.30. The molecule has 0 aromatic heterocycles. The number of phenolic OH excluding ortho intramolecular Hbond substituents is 1. The molecule has 144 valence electrons. The van der Waals surface area contributed by atoms with Crippen LogP contribution in [0.15, 0.2) is 42.0 Å². The van der Waals surface area contributed by atoms with Gasteiger partial charge in [0.15, 0.2) is 5.57 Å². The molecule has 0 aliphatic rings. The van der Waals surface area contributed by atoms with E-state index < -0.39 is 23.1 Å². The molecule has 0 saturated carbocycles. The minimum Gasteiger partial charge on any atom is -0.506 e. The lowest BCUT2D eigenvalue weighted by molar-refractivity contribution is -0.124. The highest BCUT2D eigenvalue weighted by Crippen LogP contribution is 2.27. The monoisotopic (exact) mass is 389 g/mol. The summed E-state index contributed by atoms with van der Waals surface area (Å²) in [5, 5.41) is 38.6. The van der Waals surface area contributed by atoms with E-state index in [4.69, 9.17) is 5.26 Å². The van der Waals surface area contributed by atoms with Gasteiger partial charge in [-0.3, -0.25) is 4.79 Å². The third-order valence-electron chi connectivity index (χ3n) is 4.02. The van der Waals surface area contributed by atoms with Gasteiger partial charge in [0, 0.05) is 12.6 Å². The normalized spacial score (nSPS) is 10.7. The number of amides is 1. The molecule has 0 unspecified atom stereocenters. The molecule has 0 bridgehead atoms. The number of aromatic hydroxyl groups is 1. The fourth-order valence-corrected chi connectivity index (χ4v) is 2.43. The van der Waals surface area contributed by atoms with E-state index in [1.165, 1.54) is 44.3 Å². The molecule has 0 fully saturated rings. The zero-order chi connectivity index (χ0) is 21.6. The van der Waals surface area contributed by atoms with Crippen LogP contribution in [-0.4, -0.2) is 34.6 Å². The van der Waals surface area contributed by atoms with Gasteiger partial charge in [-0.1, -0.05) is 24.0 Å². The Hall–Kier alpha value is -4.28. The summed E-state index contributed by atoms with van der Waals surface area (Å²) in [6, 6.07) is 11.9. The number of nitriles is 2. The van der Waals surface area contributed by atoms with E-state index in [0.717, 1.165) is 4.90 Å². The lowest BCUT2D eigenvalue weighted by Gasteiger charge is -2.14. The minimum absolute atomic E-state index is 0.0487. The highest BCUT2D eigenvalue weighted by Gasteiger charge is 2.21. The number of rotatable bonds is 3. The first kappa shape index (κ1) is 21.0. The molecule has 2 rings (SSSR count). The number of phenols is 1. The third-order valence-corrected chi connectivity index (χ3v) is 4.02. The number of carbonyl (C=O) groups is 1. The van der Waals surface area contributed by atoms with Crippen molar-refractivity contribution in [2.45, 2.75) is 6.92 Å². The first-order chi connectivity index (χ1) is 13.8. The van der Waals surface area contributed by atoms with Crippen molar-refractivity contribution in [3.8, 4) is 29.7 Å². The van der Waals surface area contributed by atoms with Gasteiger partial charge in [0.1, 0.15) is 29.5 Å². The van der Waals surface area contributed by atoms with Gasteiger partial charge >= 0.3 is 0 Å². The van der Waals surface area contributed by atoms with Crippen molar-refractivity contribution in [3.63, 3.8) is 0 Å². The Bertz CT molecular complexity index is 1140. The van der Waals surface area contributed by atoms with Gasteiger partial charge in [-0.2, -0.15) is 10.5 Å². The van der Waals surface area contributed by atoms with Crippen LogP contribution < -0.4 is 0 Å². The Labute approximate surface area is 167 Å². The van der Waals surface area contributed by atoms with E-state index >= 15 is 0 Å². The van der Waals surface area contributed by atoms with Crippen LogP contribution in [0, 0.1) is 47.2 Å². The largest absolute Gasteiger partial charge is 0.506 e. The van der Waals surface area contributed by atoms with Crippen molar-refractivity contribution < 1.29 is 19.4 Å². The summed E-state index contributed by atoms with van der Waals surface area (Å²) < 4.78 is 13.6. The standard InChI is InChI=1S/C22H16FN3O3/c1-14-10-16(11-17(12-24)20(14)27)21(28)18(13-25)22(29)26(2)9-5-7-15-6-3-4-8-19(15)23/h3-4,6,8,10-11,27-28H,9H2,1-2H3/b21-18-. The number of benzene rings is 2. The van der Waals surface area contributed by atoms with Gasteiger partial charge in [-0.05, 0) is 36.8 Å². The molecule has 6 nitrogen and oxygen atoms in total. The molecule has 0 spiro atoms. The number of hydrogen-bond donors (Lipinski definition) is 2. The van der Waals surface area contributed by atoms with E-state index in [9.17, 15) is 24.7 Å². The summed E-state index contributed by atoms with van der Waals surface area (Å²) in [6.45, 7) is 1.41. The van der Waals surface area contributed by atoms with E-state index in [-0.39, 0.29) is 29.0 Å². The average molecular weight is 389 g/mol. The van der Waals surface area contributed by atoms with E-state index in [0.29, 0.717) is 5.56 Å². The maximum Gasteiger partial charge on any atom is 0.268 e. The van der Waals surface area contributed by atoms with Gasteiger partial charge < -0.3 is 15.1 Å². The minimum atomic E-state index is -0.794. The lowest BCUT2D eigenvalue weighted by atomic mass is 10.0. The number of halogens is 1. The van der Waals surface area contributed by atoms with Gasteiger partial charge in [-0.25, -0.2) is 4.39 Å². The highest BCUT2D eigenvalue weighted by molar-refractivity contribution is 6.03. The van der Waals surface area contributed by atoms with Crippen LogP contribution in [0.1, 0.15) is 22.3 Å². The SMILES string of the molecule is Cc1cc(/C(O)=C(\C#N)C(=O)N(C)CC#Cc2ccccc2F)cc(C#N)c1O. The molecule has 7 heteroatoms. The summed E-state index contributed by atoms with van der Waals surface area (Å²) in [6.07, 6.45) is 0. The zero-order valence-electron chi connectivity index (χ0n) is 15.7. The number of likely N-dealkylation sites (N-methyl/N-ethyl adjacent to an activating group) is 1. The summed E-state index contributed by atoms with van der Waals surface area (Å²) >= 11 is 0. The molecule has 0 aliphatic heterocycles. The smallest absolute Gasteiger partial charge is 0.268 e. The molecular weight excluding hydrogens is 373 g/mol. The third kappa shape index (κ3) is 4.71. The second kappa shape index (κ2) is 9.08. The van der Waals surface area contributed by atoms with Crippen LogP contribution in [-0.2, 0) is 4.79 Å². The summed E-state index contributed by atoms with van der Waals surface area (Å²) in [4.78, 5) is 13.6. The van der Waals surface area contributed by atoms with Crippen molar-refractivity contribution >= 4 is 11.7 Å². The first-order valence-corrected chi connectivity index (χ1v) is 8.36. The average Bonchev–Trinajstić information content (AvgIpc) is 2.71. The second-order valence-electron chi connectivity index (χ2n) is 6.08. The van der Waals surface area contributed by atoms with Crippen LogP contribution in [0.2, 0.25) is 0 Å². The van der Waals surface area contributed by atoms with Crippen LogP contribution >= 0.6 is 0 Å². The number of aryl methyl sites for hydroxylation is 1. The Morgan fingerprint density at radius 2 is 1.90 bits per heavy atom. The summed E-state index contributed by atoms with van der Waals surface area (Å²) in [5.74, 6) is 3.10. The van der Waals surface area contributed by atoms with Crippen molar-refractivity contribution in [2.24, 2.45) is 0 Å². The summed E-state index contributed by atoms with van der Waals surface area (Å²) in [5.41, 5.74) is -0.113. The van der Waals surface area contributed by atoms with Crippen LogP contribution in [0.4, 0.5) is 4.39 Å². The molecule has 0 aliphatic carbocycles. The molecule has 0 radical (unpaired) electrons. The van der Waals surface area contributed by atoms with Crippen molar-refractivity contribution in [2.75, 3.05) is 13.6 Å². The topological polar surface area (TPSA) is 108 Å². The van der Waals surface area contributed by atoms with E-state index in [1.807, 2.05) is 0 Å². The van der Waals surface area contributed by atoms with Gasteiger partial charge in [-0.15, -0.1) is 0 Å². The molecule has 29 heavy (non-hydrogen) atoms. The van der Waals surface area contributed by atoms with Crippen molar-refractivity contribution in [3.05, 3.63) is 70.0 Å². The van der Waals surface area contributed by atoms with E-state index in [1.54, 1.807) is 18.2 Å². The Kier molecular flexibility index (Phi) is 6.58. The molecule has 1 amide bonds. The first-order valence-electron chi connectivity index (χ1n) is 8.36. The van der Waals surface area contributed by atoms with Crippen molar-refractivity contribution in [1.29, 1.82) is 10.5 Å². The molecule has 0 heterocycles. The maximum absolute atomic E-state index is 13.6. The quantitative estimate of drug-likeness (QED) is 0.363. The fraction of sp³-hybridized carbons (Fsp3) is 0.136. The number of nitrogens with zero attached hydrogens (tertiary/aromatic N) is 3. The maximum atomic E-state index is 13.6. The van der Waals surface area contributed by atoms with Crippen LogP contribution in [0.5, 0.6) is 5.75 Å². The molecular formula is C22H16FN3O3. The van der Waals surface area contributed by atoms with Gasteiger partial charge in [0.25, 0.3) is 5.91 Å². The van der Waals surface area contributed by atoms with Crippen molar-refractivity contribution in [1.82, 2.24) is 4.90 Å². The predicted molar refractivity (Wildman–Crippen MR) is 104 cm³/mol. The molecule has 0 atom stereocenters. The predicted octanol–water partition coefficient (Wildman–Crippen LogP) is 3.01. The van der Waals surface area contributed by atoms with Gasteiger partial charge in [0.2, 0.25) is 0 Å². The van der Waals surface area contributed by atoms with E-state index in [2.05, 4.69) is 11.8 Å². The van der Waals surface area contributed by atoms with Gasteiger partial charge in [0.05, 0.1) is 17.7 Å². The Morgan fingerprint density at radius 3 is 2.52 bits per heavy atom. The molecule has 2 aromatic rings. The molecule has 2 N–H and O–H groups in total. The molecule has 2 aromatic carbocycles. The van der Waals surface area contributed by atoms with Crippen LogP contribution in [0.3, 0.4) is 0 Å². The fourth-order valence-electron chi connectivity index (χ4n) is 2.43. The Morgan fingerprint density at radius 1 is 1.21 bits per heavy atom. The lowest BCUT2D eigenvalue weighted by Crippen LogP contribution is -2.28. The number of aliphatic hydroxyl groups is 1. The number of hydrogen-bond acceptors (Lipinski definition) is 5. The highest BCUT2D eigenvalue weighted by atomic mass is 19.1. The number of carbonyl (C=O) groups excluding carboxylic acids is 1. The molecule has 0 saturated heterocycles. The zero-order valence-corrected chi connectivity index (χ0v) is 15.7. The number of aliphatic hydroxyl groups excluding tert-OH is 1. The summed E-state index contributed by atoms with van der Waals surface area (Å²) in [7, 11) is 1.38.